The number of nitrogens with zero attached hydrogens (tertiary/aromatic N) is 2. The van der Waals surface area contributed by atoms with Crippen LogP contribution in [-0.2, 0) is 10.3 Å². The van der Waals surface area contributed by atoms with Crippen molar-refractivity contribution < 1.29 is 14.6 Å². The van der Waals surface area contributed by atoms with E-state index in [4.69, 9.17) is 16.3 Å². The van der Waals surface area contributed by atoms with Crippen LogP contribution in [0.25, 0.3) is 0 Å². The highest BCUT2D eigenvalue weighted by Gasteiger charge is 2.35. The van der Waals surface area contributed by atoms with Gasteiger partial charge in [-0.2, -0.15) is 0 Å². The summed E-state index contributed by atoms with van der Waals surface area (Å²) in [6, 6.07) is 11.0. The van der Waals surface area contributed by atoms with Crippen LogP contribution >= 0.6 is 11.6 Å². The molecule has 0 atom stereocenters. The van der Waals surface area contributed by atoms with Crippen LogP contribution in [0, 0.1) is 0 Å². The Morgan fingerprint density at radius 1 is 1.30 bits per heavy atom. The van der Waals surface area contributed by atoms with Crippen molar-refractivity contribution in [2.45, 2.75) is 18.4 Å². The number of aliphatic hydroxyl groups is 1. The second kappa shape index (κ2) is 8.69. The van der Waals surface area contributed by atoms with Crippen molar-refractivity contribution in [2.24, 2.45) is 0 Å². The van der Waals surface area contributed by atoms with E-state index in [1.807, 2.05) is 24.3 Å². The van der Waals surface area contributed by atoms with Crippen LogP contribution < -0.4 is 10.2 Å². The summed E-state index contributed by atoms with van der Waals surface area (Å²) in [5, 5.41) is 14.4. The Labute approximate surface area is 164 Å². The van der Waals surface area contributed by atoms with Gasteiger partial charge in [0.1, 0.15) is 5.82 Å². The third-order valence-corrected chi connectivity index (χ3v) is 5.22. The van der Waals surface area contributed by atoms with Gasteiger partial charge in [-0.15, -0.1) is 0 Å². The zero-order chi connectivity index (χ0) is 19.3. The van der Waals surface area contributed by atoms with Gasteiger partial charge in [-0.3, -0.25) is 4.79 Å². The summed E-state index contributed by atoms with van der Waals surface area (Å²) in [4.78, 5) is 18.5. The molecule has 6 nitrogen and oxygen atoms in total. The number of amides is 1. The minimum Gasteiger partial charge on any atom is -0.385 e. The second-order valence-corrected chi connectivity index (χ2v) is 7.06. The number of halogens is 1. The SMILES string of the molecule is COCCNC(=O)c1ccc(N2CCC(O)(c3ccccc3Cl)CC2)nc1. The molecule has 0 radical (unpaired) electrons. The molecule has 0 bridgehead atoms. The minimum absolute atomic E-state index is 0.169. The van der Waals surface area contributed by atoms with Crippen LogP contribution in [0.5, 0.6) is 0 Å². The van der Waals surface area contributed by atoms with E-state index in [0.717, 1.165) is 11.4 Å². The quantitative estimate of drug-likeness (QED) is 0.743. The van der Waals surface area contributed by atoms with Crippen LogP contribution in [0.15, 0.2) is 42.6 Å². The smallest absolute Gasteiger partial charge is 0.252 e. The summed E-state index contributed by atoms with van der Waals surface area (Å²) in [5.41, 5.74) is 0.373. The average molecular weight is 390 g/mol. The minimum atomic E-state index is -0.921. The first-order chi connectivity index (χ1) is 13.0. The maximum Gasteiger partial charge on any atom is 0.252 e. The van der Waals surface area contributed by atoms with Gasteiger partial charge >= 0.3 is 0 Å². The van der Waals surface area contributed by atoms with Gasteiger partial charge in [-0.25, -0.2) is 4.98 Å². The first kappa shape index (κ1) is 19.6. The van der Waals surface area contributed by atoms with Crippen LogP contribution in [0.1, 0.15) is 28.8 Å². The summed E-state index contributed by atoms with van der Waals surface area (Å²) in [5.74, 6) is 0.627. The van der Waals surface area contributed by atoms with Crippen molar-refractivity contribution in [1.82, 2.24) is 10.3 Å². The fourth-order valence-electron chi connectivity index (χ4n) is 3.29. The monoisotopic (exact) mass is 389 g/mol. The molecule has 2 aromatic rings. The van der Waals surface area contributed by atoms with Crippen LogP contribution in [0.4, 0.5) is 5.82 Å². The van der Waals surface area contributed by atoms with Gasteiger partial charge in [0.2, 0.25) is 0 Å². The predicted molar refractivity (Wildman–Crippen MR) is 105 cm³/mol. The standard InChI is InChI=1S/C20H24ClN3O3/c1-27-13-10-22-19(25)15-6-7-18(23-14-15)24-11-8-20(26,9-12-24)16-4-2-3-5-17(16)21/h2-7,14,26H,8-13H2,1H3,(H,22,25). The molecule has 27 heavy (non-hydrogen) atoms. The second-order valence-electron chi connectivity index (χ2n) is 6.65. The van der Waals surface area contributed by atoms with Gasteiger partial charge in [-0.1, -0.05) is 29.8 Å². The highest BCUT2D eigenvalue weighted by Crippen LogP contribution is 2.37. The zero-order valence-corrected chi connectivity index (χ0v) is 16.1. The van der Waals surface area contributed by atoms with Crippen molar-refractivity contribution >= 4 is 23.3 Å². The van der Waals surface area contributed by atoms with Crippen LogP contribution in [-0.4, -0.2) is 49.3 Å². The number of rotatable bonds is 6. The summed E-state index contributed by atoms with van der Waals surface area (Å²) in [6.07, 6.45) is 2.71. The lowest BCUT2D eigenvalue weighted by molar-refractivity contribution is 0.0117. The van der Waals surface area contributed by atoms with Gasteiger partial charge < -0.3 is 20.1 Å². The number of nitrogens with one attached hydrogen (secondary N) is 1. The zero-order valence-electron chi connectivity index (χ0n) is 15.3. The molecule has 0 aliphatic carbocycles. The van der Waals surface area contributed by atoms with Gasteiger partial charge in [0.05, 0.1) is 17.8 Å². The first-order valence-corrected chi connectivity index (χ1v) is 9.37. The van der Waals surface area contributed by atoms with Gasteiger partial charge in [0.15, 0.2) is 0 Å². The lowest BCUT2D eigenvalue weighted by Crippen LogP contribution is -2.43. The van der Waals surface area contributed by atoms with E-state index < -0.39 is 5.60 Å². The molecule has 0 spiro atoms. The molecule has 144 valence electrons. The Morgan fingerprint density at radius 2 is 2.04 bits per heavy atom. The molecule has 2 N–H and O–H groups in total. The maximum absolute atomic E-state index is 12.0. The molecule has 1 aromatic heterocycles. The molecule has 1 aliphatic rings. The Balaban J connectivity index is 1.61. The van der Waals surface area contributed by atoms with Crippen molar-refractivity contribution in [3.05, 3.63) is 58.7 Å². The molecule has 1 amide bonds. The molecule has 0 saturated carbocycles. The van der Waals surface area contributed by atoms with Gasteiger partial charge in [0.25, 0.3) is 5.91 Å². The highest BCUT2D eigenvalue weighted by molar-refractivity contribution is 6.31. The molecule has 2 heterocycles. The number of anilines is 1. The molecular formula is C20H24ClN3O3. The number of methoxy groups -OCH3 is 1. The predicted octanol–water partition coefficient (Wildman–Crippen LogP) is 2.60. The molecule has 0 unspecified atom stereocenters. The molecular weight excluding hydrogens is 366 g/mol. The molecule has 7 heteroatoms. The topological polar surface area (TPSA) is 74.7 Å². The number of aromatic nitrogens is 1. The number of carbonyl (C=O) groups excluding carboxylic acids is 1. The van der Waals surface area contributed by atoms with E-state index in [2.05, 4.69) is 15.2 Å². The number of piperidine rings is 1. The number of carbonyl (C=O) groups is 1. The van der Waals surface area contributed by atoms with E-state index in [1.54, 1.807) is 25.4 Å². The van der Waals surface area contributed by atoms with Crippen molar-refractivity contribution in [3.63, 3.8) is 0 Å². The Kier molecular flexibility index (Phi) is 6.31. The van der Waals surface area contributed by atoms with E-state index >= 15 is 0 Å². The van der Waals surface area contributed by atoms with E-state index in [0.29, 0.717) is 49.7 Å². The summed E-state index contributed by atoms with van der Waals surface area (Å²) in [6.45, 7) is 2.26. The van der Waals surface area contributed by atoms with E-state index in [1.165, 1.54) is 0 Å². The summed E-state index contributed by atoms with van der Waals surface area (Å²) >= 11 is 6.26. The Morgan fingerprint density at radius 3 is 2.67 bits per heavy atom. The molecule has 1 saturated heterocycles. The van der Waals surface area contributed by atoms with Crippen molar-refractivity contribution in [2.75, 3.05) is 38.3 Å². The summed E-state index contributed by atoms with van der Waals surface area (Å²) < 4.78 is 4.92. The summed E-state index contributed by atoms with van der Waals surface area (Å²) in [7, 11) is 1.59. The lowest BCUT2D eigenvalue weighted by atomic mass is 9.84. The van der Waals surface area contributed by atoms with Gasteiger partial charge in [0, 0.05) is 43.5 Å². The van der Waals surface area contributed by atoms with Crippen molar-refractivity contribution in [3.8, 4) is 0 Å². The van der Waals surface area contributed by atoms with Crippen LogP contribution in [0.2, 0.25) is 5.02 Å². The molecule has 1 fully saturated rings. The largest absolute Gasteiger partial charge is 0.385 e. The Hall–Kier alpha value is -2.15. The number of pyridine rings is 1. The first-order valence-electron chi connectivity index (χ1n) is 8.99. The fraction of sp³-hybridized carbons (Fsp3) is 0.400. The third kappa shape index (κ3) is 4.58. The van der Waals surface area contributed by atoms with Crippen LogP contribution in [0.3, 0.4) is 0 Å². The van der Waals surface area contributed by atoms with Gasteiger partial charge in [-0.05, 0) is 31.0 Å². The fourth-order valence-corrected chi connectivity index (χ4v) is 3.60. The van der Waals surface area contributed by atoms with E-state index in [9.17, 15) is 9.90 Å². The average Bonchev–Trinajstić information content (AvgIpc) is 2.69. The number of benzene rings is 1. The Bertz CT molecular complexity index is 774. The molecule has 1 aliphatic heterocycles. The van der Waals surface area contributed by atoms with Crippen molar-refractivity contribution in [1.29, 1.82) is 0 Å². The number of ether oxygens (including phenoxy) is 1. The molecule has 1 aromatic carbocycles. The number of hydrogen-bond acceptors (Lipinski definition) is 5. The number of hydrogen-bond donors (Lipinski definition) is 2. The maximum atomic E-state index is 12.0. The highest BCUT2D eigenvalue weighted by atomic mass is 35.5. The lowest BCUT2D eigenvalue weighted by Gasteiger charge is -2.39. The third-order valence-electron chi connectivity index (χ3n) is 4.89. The van der Waals surface area contributed by atoms with E-state index in [-0.39, 0.29) is 5.91 Å². The molecule has 3 rings (SSSR count). The normalized spacial score (nSPS) is 16.2.